The van der Waals surface area contributed by atoms with E-state index in [2.05, 4.69) is 5.32 Å². The average Bonchev–Trinajstić information content (AvgIpc) is 3.27. The summed E-state index contributed by atoms with van der Waals surface area (Å²) in [4.78, 5) is 28.1. The molecule has 0 atom stereocenters. The van der Waals surface area contributed by atoms with Crippen LogP contribution in [0.2, 0.25) is 0 Å². The van der Waals surface area contributed by atoms with Crippen molar-refractivity contribution in [2.24, 2.45) is 0 Å². The highest BCUT2D eigenvalue weighted by Gasteiger charge is 2.39. The van der Waals surface area contributed by atoms with E-state index in [9.17, 15) is 9.59 Å². The molecule has 28 heavy (non-hydrogen) atoms. The summed E-state index contributed by atoms with van der Waals surface area (Å²) in [5, 5.41) is 5.03. The quantitative estimate of drug-likeness (QED) is 0.513. The number of rotatable bonds is 9. The van der Waals surface area contributed by atoms with Crippen molar-refractivity contribution in [2.45, 2.75) is 26.4 Å². The summed E-state index contributed by atoms with van der Waals surface area (Å²) >= 11 is 1.44. The van der Waals surface area contributed by atoms with Gasteiger partial charge in [0.05, 0.1) is 18.8 Å². The summed E-state index contributed by atoms with van der Waals surface area (Å²) in [6, 6.07) is 11.0. The summed E-state index contributed by atoms with van der Waals surface area (Å²) in [6.07, 6.45) is 0.717. The number of anilines is 1. The molecule has 1 aromatic carbocycles. The number of methoxy groups -OCH3 is 1. The van der Waals surface area contributed by atoms with E-state index in [4.69, 9.17) is 9.47 Å². The number of carbonyl (C=O) groups is 2. The van der Waals surface area contributed by atoms with E-state index in [1.54, 1.807) is 13.2 Å². The molecule has 3 rings (SSSR count). The zero-order valence-electron chi connectivity index (χ0n) is 16.2. The topological polar surface area (TPSA) is 67.9 Å². The Kier molecular flexibility index (Phi) is 6.49. The fraction of sp³-hybridized carbons (Fsp3) is 0.333. The summed E-state index contributed by atoms with van der Waals surface area (Å²) in [5.74, 6) is 0.0749. The molecule has 0 bridgehead atoms. The van der Waals surface area contributed by atoms with Gasteiger partial charge in [-0.2, -0.15) is 0 Å². The summed E-state index contributed by atoms with van der Waals surface area (Å²) < 4.78 is 10.8. The molecule has 6 nitrogen and oxygen atoms in total. The monoisotopic (exact) mass is 400 g/mol. The number of nitrogens with one attached hydrogen (secondary N) is 1. The molecule has 2 aromatic rings. The first-order valence-corrected chi connectivity index (χ1v) is 10.1. The molecule has 0 fully saturated rings. The minimum atomic E-state index is -0.319. The van der Waals surface area contributed by atoms with Crippen molar-refractivity contribution in [3.63, 3.8) is 0 Å². The van der Waals surface area contributed by atoms with Crippen molar-refractivity contribution in [1.29, 1.82) is 0 Å². The van der Waals surface area contributed by atoms with Gasteiger partial charge in [-0.25, -0.2) is 0 Å². The number of imide groups is 1. The Morgan fingerprint density at radius 2 is 1.96 bits per heavy atom. The zero-order chi connectivity index (χ0) is 20.1. The first kappa shape index (κ1) is 20.1. The second kappa shape index (κ2) is 9.03. The molecular formula is C21H24N2O4S. The van der Waals surface area contributed by atoms with E-state index < -0.39 is 0 Å². The van der Waals surface area contributed by atoms with Crippen LogP contribution in [-0.4, -0.2) is 43.1 Å². The molecule has 2 amide bonds. The molecule has 0 radical (unpaired) electrons. The van der Waals surface area contributed by atoms with Crippen LogP contribution in [0.4, 0.5) is 5.69 Å². The number of ether oxygens (including phenoxy) is 2. The molecule has 0 saturated carbocycles. The second-order valence-corrected chi connectivity index (χ2v) is 7.57. The fourth-order valence-electron chi connectivity index (χ4n) is 2.93. The maximum Gasteiger partial charge on any atom is 0.278 e. The van der Waals surface area contributed by atoms with Crippen LogP contribution in [0, 0.1) is 0 Å². The lowest BCUT2D eigenvalue weighted by Gasteiger charge is -2.16. The van der Waals surface area contributed by atoms with Crippen LogP contribution in [0.3, 0.4) is 0 Å². The maximum atomic E-state index is 13.0. The van der Waals surface area contributed by atoms with E-state index in [1.165, 1.54) is 16.2 Å². The van der Waals surface area contributed by atoms with Crippen molar-refractivity contribution in [3.8, 4) is 5.75 Å². The van der Waals surface area contributed by atoms with Gasteiger partial charge >= 0.3 is 0 Å². The van der Waals surface area contributed by atoms with Crippen LogP contribution in [0.5, 0.6) is 5.75 Å². The third-order valence-electron chi connectivity index (χ3n) is 4.25. The Morgan fingerprint density at radius 1 is 1.14 bits per heavy atom. The van der Waals surface area contributed by atoms with Crippen LogP contribution in [-0.2, 0) is 14.3 Å². The van der Waals surface area contributed by atoms with E-state index >= 15 is 0 Å². The van der Waals surface area contributed by atoms with Gasteiger partial charge < -0.3 is 14.8 Å². The predicted octanol–water partition coefficient (Wildman–Crippen LogP) is 3.76. The minimum absolute atomic E-state index is 0.120. The van der Waals surface area contributed by atoms with Gasteiger partial charge in [0.2, 0.25) is 0 Å². The summed E-state index contributed by atoms with van der Waals surface area (Å²) in [7, 11) is 1.58. The van der Waals surface area contributed by atoms with E-state index in [1.807, 2.05) is 49.6 Å². The standard InChI is InChI=1S/C21H24N2O4S/c1-14(2)27-11-6-10-23-20(24)18(17-9-5-12-28-17)19(21(23)25)22-15-7-4-8-16(13-15)26-3/h4-5,7-9,12-14,22H,6,10-11H2,1-3H3. The zero-order valence-corrected chi connectivity index (χ0v) is 17.0. The van der Waals surface area contributed by atoms with Gasteiger partial charge in [-0.3, -0.25) is 14.5 Å². The predicted molar refractivity (Wildman–Crippen MR) is 110 cm³/mol. The largest absolute Gasteiger partial charge is 0.497 e. The number of thiophene rings is 1. The molecule has 1 N–H and O–H groups in total. The van der Waals surface area contributed by atoms with E-state index in [0.29, 0.717) is 42.3 Å². The van der Waals surface area contributed by atoms with E-state index in [-0.39, 0.29) is 17.9 Å². The minimum Gasteiger partial charge on any atom is -0.497 e. The van der Waals surface area contributed by atoms with Crippen molar-refractivity contribution >= 4 is 34.4 Å². The molecular weight excluding hydrogens is 376 g/mol. The number of nitrogens with zero attached hydrogens (tertiary/aromatic N) is 1. The Balaban J connectivity index is 1.84. The molecule has 0 aliphatic carbocycles. The van der Waals surface area contributed by atoms with Crippen LogP contribution < -0.4 is 10.1 Å². The third-order valence-corrected chi connectivity index (χ3v) is 5.14. The van der Waals surface area contributed by atoms with Crippen molar-refractivity contribution in [3.05, 3.63) is 52.4 Å². The summed E-state index contributed by atoms with van der Waals surface area (Å²) in [5.41, 5.74) is 1.40. The fourth-order valence-corrected chi connectivity index (χ4v) is 3.70. The number of hydrogen-bond acceptors (Lipinski definition) is 6. The lowest BCUT2D eigenvalue weighted by atomic mass is 10.2. The molecule has 0 unspecified atom stereocenters. The van der Waals surface area contributed by atoms with Crippen molar-refractivity contribution in [1.82, 2.24) is 4.90 Å². The van der Waals surface area contributed by atoms with Gasteiger partial charge in [-0.15, -0.1) is 11.3 Å². The Hall–Kier alpha value is -2.64. The third kappa shape index (κ3) is 4.43. The summed E-state index contributed by atoms with van der Waals surface area (Å²) in [6.45, 7) is 4.74. The number of carbonyl (C=O) groups excluding carboxylic acids is 2. The van der Waals surface area contributed by atoms with Crippen LogP contribution >= 0.6 is 11.3 Å². The molecule has 148 valence electrons. The SMILES string of the molecule is COc1cccc(NC2=C(c3cccs3)C(=O)N(CCCOC(C)C)C2=O)c1. The Labute approximate surface area is 168 Å². The first-order chi connectivity index (χ1) is 13.5. The van der Waals surface area contributed by atoms with Crippen molar-refractivity contribution in [2.75, 3.05) is 25.6 Å². The number of hydrogen-bond donors (Lipinski definition) is 1. The smallest absolute Gasteiger partial charge is 0.278 e. The maximum absolute atomic E-state index is 13.0. The lowest BCUT2D eigenvalue weighted by molar-refractivity contribution is -0.137. The highest BCUT2D eigenvalue weighted by Crippen LogP contribution is 2.33. The molecule has 2 heterocycles. The first-order valence-electron chi connectivity index (χ1n) is 9.18. The molecule has 1 aliphatic heterocycles. The molecule has 0 saturated heterocycles. The van der Waals surface area contributed by atoms with Gasteiger partial charge in [0.25, 0.3) is 11.8 Å². The second-order valence-electron chi connectivity index (χ2n) is 6.62. The molecule has 0 spiro atoms. The van der Waals surface area contributed by atoms with Crippen molar-refractivity contribution < 1.29 is 19.1 Å². The lowest BCUT2D eigenvalue weighted by Crippen LogP contribution is -2.34. The highest BCUT2D eigenvalue weighted by atomic mass is 32.1. The average molecular weight is 401 g/mol. The molecule has 1 aromatic heterocycles. The van der Waals surface area contributed by atoms with Crippen LogP contribution in [0.25, 0.3) is 5.57 Å². The van der Waals surface area contributed by atoms with E-state index in [0.717, 1.165) is 4.88 Å². The molecule has 7 heteroatoms. The van der Waals surface area contributed by atoms with Gasteiger partial charge in [-0.1, -0.05) is 12.1 Å². The van der Waals surface area contributed by atoms with Gasteiger partial charge in [0, 0.05) is 29.8 Å². The van der Waals surface area contributed by atoms with Gasteiger partial charge in [-0.05, 0) is 43.8 Å². The van der Waals surface area contributed by atoms with Crippen LogP contribution in [0.15, 0.2) is 47.5 Å². The van der Waals surface area contributed by atoms with Gasteiger partial charge in [0.15, 0.2) is 0 Å². The Morgan fingerprint density at radius 3 is 2.64 bits per heavy atom. The number of amides is 2. The van der Waals surface area contributed by atoms with Gasteiger partial charge in [0.1, 0.15) is 11.4 Å². The Bertz CT molecular complexity index is 874. The molecule has 1 aliphatic rings. The normalized spacial score (nSPS) is 14.4. The highest BCUT2D eigenvalue weighted by molar-refractivity contribution is 7.11. The number of benzene rings is 1. The van der Waals surface area contributed by atoms with Crippen LogP contribution in [0.1, 0.15) is 25.1 Å².